The van der Waals surface area contributed by atoms with E-state index in [1.807, 2.05) is 0 Å². The third-order valence-electron chi connectivity index (χ3n) is 4.20. The van der Waals surface area contributed by atoms with Crippen molar-refractivity contribution in [3.05, 3.63) is 65.1 Å². The maximum absolute atomic E-state index is 3.71. The van der Waals surface area contributed by atoms with Crippen molar-refractivity contribution < 1.29 is 0 Å². The zero-order valence-corrected chi connectivity index (χ0v) is 12.2. The SMILES string of the molecule is Brc1ccc(-n2c3ccc2cc3)c2c3ccc(cc3)c12. The Labute approximate surface area is 124 Å². The molecule has 0 saturated heterocycles. The number of hydrogen-bond donors (Lipinski definition) is 0. The van der Waals surface area contributed by atoms with Gasteiger partial charge in [-0.05, 0) is 47.2 Å². The first-order valence-electron chi connectivity index (χ1n) is 6.66. The Balaban J connectivity index is 2.05. The van der Waals surface area contributed by atoms with Gasteiger partial charge in [-0.2, -0.15) is 0 Å². The van der Waals surface area contributed by atoms with Gasteiger partial charge in [0.25, 0.3) is 0 Å². The summed E-state index contributed by atoms with van der Waals surface area (Å²) in [6.07, 6.45) is 0. The molecule has 4 aromatic carbocycles. The number of rotatable bonds is 1. The van der Waals surface area contributed by atoms with Gasteiger partial charge < -0.3 is 4.57 Å². The number of fused-ring (bicyclic) bond motifs is 4. The Hall–Kier alpha value is -2.06. The van der Waals surface area contributed by atoms with Crippen LogP contribution in [0.15, 0.2) is 65.1 Å². The van der Waals surface area contributed by atoms with Crippen LogP contribution in [0, 0.1) is 0 Å². The van der Waals surface area contributed by atoms with Crippen LogP contribution < -0.4 is 0 Å². The van der Waals surface area contributed by atoms with Crippen LogP contribution in [0.4, 0.5) is 0 Å². The van der Waals surface area contributed by atoms with Crippen LogP contribution in [0.3, 0.4) is 0 Å². The fourth-order valence-electron chi connectivity index (χ4n) is 3.31. The van der Waals surface area contributed by atoms with Gasteiger partial charge in [0.05, 0.1) is 5.69 Å². The molecule has 2 heteroatoms. The average molecular weight is 320 g/mol. The third kappa shape index (κ3) is 1.18. The molecule has 0 radical (unpaired) electrons. The highest BCUT2D eigenvalue weighted by molar-refractivity contribution is 9.10. The summed E-state index contributed by atoms with van der Waals surface area (Å²) in [5.74, 6) is 0. The van der Waals surface area contributed by atoms with E-state index in [1.54, 1.807) is 0 Å². The van der Waals surface area contributed by atoms with Crippen LogP contribution in [0.2, 0.25) is 0 Å². The predicted molar refractivity (Wildman–Crippen MR) is 88.4 cm³/mol. The highest BCUT2D eigenvalue weighted by atomic mass is 79.9. The van der Waals surface area contributed by atoms with Crippen LogP contribution in [0.5, 0.6) is 0 Å². The van der Waals surface area contributed by atoms with Crippen LogP contribution in [-0.2, 0) is 0 Å². The quantitative estimate of drug-likeness (QED) is 0.380. The van der Waals surface area contributed by atoms with Gasteiger partial charge in [-0.15, -0.1) is 0 Å². The Bertz CT molecular complexity index is 989. The number of benzene rings is 5. The molecule has 0 aliphatic carbocycles. The van der Waals surface area contributed by atoms with E-state index in [4.69, 9.17) is 0 Å². The van der Waals surface area contributed by atoms with Gasteiger partial charge in [0.1, 0.15) is 0 Å². The lowest BCUT2D eigenvalue weighted by atomic mass is 9.98. The van der Waals surface area contributed by atoms with E-state index in [9.17, 15) is 0 Å². The molecule has 6 aromatic rings. The van der Waals surface area contributed by atoms with Crippen molar-refractivity contribution in [2.45, 2.75) is 0 Å². The summed E-state index contributed by atoms with van der Waals surface area (Å²) in [7, 11) is 0. The maximum atomic E-state index is 3.71. The molecule has 1 nitrogen and oxygen atoms in total. The molecule has 94 valence electrons. The smallest absolute Gasteiger partial charge is 0.0547 e. The number of aromatic nitrogens is 1. The second kappa shape index (κ2) is 3.53. The van der Waals surface area contributed by atoms with E-state index >= 15 is 0 Å². The minimum absolute atomic E-state index is 1.17. The molecule has 0 fully saturated rings. The lowest BCUT2D eigenvalue weighted by Crippen LogP contribution is -1.94. The van der Waals surface area contributed by atoms with E-state index in [0.29, 0.717) is 0 Å². The van der Waals surface area contributed by atoms with Crippen molar-refractivity contribution in [3.8, 4) is 5.69 Å². The molecule has 0 spiro atoms. The van der Waals surface area contributed by atoms with Crippen molar-refractivity contribution in [1.29, 1.82) is 0 Å². The van der Waals surface area contributed by atoms with Gasteiger partial charge in [-0.25, -0.2) is 0 Å². The molecule has 0 amide bonds. The molecule has 6 rings (SSSR count). The van der Waals surface area contributed by atoms with Gasteiger partial charge in [-0.1, -0.05) is 40.2 Å². The van der Waals surface area contributed by atoms with E-state index in [-0.39, 0.29) is 0 Å². The molecule has 0 unspecified atom stereocenters. The Morgan fingerprint density at radius 1 is 0.600 bits per heavy atom. The minimum atomic E-state index is 1.17. The molecular weight excluding hydrogens is 310 g/mol. The molecule has 2 heterocycles. The van der Waals surface area contributed by atoms with Crippen LogP contribution in [-0.4, -0.2) is 4.57 Å². The molecule has 0 N–H and O–H groups in total. The zero-order chi connectivity index (χ0) is 13.3. The summed E-state index contributed by atoms with van der Waals surface area (Å²) >= 11 is 3.71. The molecule has 0 aliphatic heterocycles. The molecular formula is C18H10BrN. The monoisotopic (exact) mass is 319 g/mol. The van der Waals surface area contributed by atoms with Gasteiger partial charge >= 0.3 is 0 Å². The van der Waals surface area contributed by atoms with Gasteiger partial charge in [0.15, 0.2) is 0 Å². The van der Waals surface area contributed by atoms with E-state index in [0.717, 1.165) is 0 Å². The van der Waals surface area contributed by atoms with E-state index < -0.39 is 0 Å². The molecule has 2 aromatic heterocycles. The molecule has 0 aliphatic rings. The number of nitrogens with zero attached hydrogens (tertiary/aromatic N) is 1. The van der Waals surface area contributed by atoms with Crippen molar-refractivity contribution in [1.82, 2.24) is 4.57 Å². The fraction of sp³-hybridized carbons (Fsp3) is 0. The number of hydrogen-bond acceptors (Lipinski definition) is 0. The summed E-state index contributed by atoms with van der Waals surface area (Å²) in [4.78, 5) is 0. The first-order chi connectivity index (χ1) is 9.83. The fourth-order valence-corrected chi connectivity index (χ4v) is 3.87. The lowest BCUT2D eigenvalue weighted by molar-refractivity contribution is 1.21. The molecule has 0 atom stereocenters. The summed E-state index contributed by atoms with van der Waals surface area (Å²) in [6, 6.07) is 21.9. The highest BCUT2D eigenvalue weighted by Gasteiger charge is 2.14. The second-order valence-corrected chi connectivity index (χ2v) is 6.10. The first kappa shape index (κ1) is 10.7. The average Bonchev–Trinajstić information content (AvgIpc) is 3.09. The largest absolute Gasteiger partial charge is 0.310 e. The summed E-state index contributed by atoms with van der Waals surface area (Å²) in [5.41, 5.74) is 3.78. The summed E-state index contributed by atoms with van der Waals surface area (Å²) in [5, 5.41) is 5.22. The van der Waals surface area contributed by atoms with E-state index in [2.05, 4.69) is 81.2 Å². The normalized spacial score (nSPS) is 12.2. The summed E-state index contributed by atoms with van der Waals surface area (Å²) < 4.78 is 3.50. The maximum Gasteiger partial charge on any atom is 0.0547 e. The Morgan fingerprint density at radius 3 is 1.75 bits per heavy atom. The first-order valence-corrected chi connectivity index (χ1v) is 7.46. The standard InChI is InChI=1S/C18H10BrN/c19-15-9-10-16(20-13-5-6-14(20)8-7-13)18-12-3-1-11(2-4-12)17(15)18/h1-10H. The lowest BCUT2D eigenvalue weighted by Gasteiger charge is -2.14. The second-order valence-electron chi connectivity index (χ2n) is 5.25. The Morgan fingerprint density at radius 2 is 1.15 bits per heavy atom. The van der Waals surface area contributed by atoms with Gasteiger partial charge in [-0.3, -0.25) is 0 Å². The highest BCUT2D eigenvalue weighted by Crippen LogP contribution is 2.39. The minimum Gasteiger partial charge on any atom is -0.310 e. The van der Waals surface area contributed by atoms with Crippen LogP contribution in [0.1, 0.15) is 0 Å². The Kier molecular flexibility index (Phi) is 1.89. The molecule has 4 bridgehead atoms. The van der Waals surface area contributed by atoms with Crippen LogP contribution in [0.25, 0.3) is 38.3 Å². The van der Waals surface area contributed by atoms with Crippen molar-refractivity contribution >= 4 is 48.5 Å². The van der Waals surface area contributed by atoms with Crippen molar-refractivity contribution in [2.75, 3.05) is 0 Å². The van der Waals surface area contributed by atoms with E-state index in [1.165, 1.54) is 42.7 Å². The zero-order valence-electron chi connectivity index (χ0n) is 10.6. The van der Waals surface area contributed by atoms with Crippen molar-refractivity contribution in [3.63, 3.8) is 0 Å². The third-order valence-corrected chi connectivity index (χ3v) is 4.86. The summed E-state index contributed by atoms with van der Waals surface area (Å²) in [6.45, 7) is 0. The van der Waals surface area contributed by atoms with Crippen molar-refractivity contribution in [2.24, 2.45) is 0 Å². The predicted octanol–water partition coefficient (Wildman–Crippen LogP) is 5.58. The van der Waals surface area contributed by atoms with Crippen LogP contribution >= 0.6 is 15.9 Å². The molecule has 20 heavy (non-hydrogen) atoms. The van der Waals surface area contributed by atoms with Gasteiger partial charge in [0, 0.05) is 26.3 Å². The molecule has 0 saturated carbocycles. The topological polar surface area (TPSA) is 4.93 Å². The number of halogens is 1. The van der Waals surface area contributed by atoms with Gasteiger partial charge in [0.2, 0.25) is 0 Å².